The molecule has 3 aromatic rings. The summed E-state index contributed by atoms with van der Waals surface area (Å²) in [5.74, 6) is 1.14. The molecule has 2 aromatic heterocycles. The molecule has 3 heterocycles. The number of carbonyl (C=O) groups excluding carboxylic acids is 1. The number of anilines is 1. The van der Waals surface area contributed by atoms with Gasteiger partial charge in [-0.25, -0.2) is 0 Å². The second-order valence-electron chi connectivity index (χ2n) is 6.93. The molecular weight excluding hydrogens is 426 g/mol. The fraction of sp³-hybridized carbons (Fsp3) is 0.350. The number of benzene rings is 1. The predicted octanol–water partition coefficient (Wildman–Crippen LogP) is 4.33. The molecule has 0 bridgehead atoms. The molecule has 29 heavy (non-hydrogen) atoms. The van der Waals surface area contributed by atoms with Gasteiger partial charge in [-0.15, -0.1) is 10.2 Å². The van der Waals surface area contributed by atoms with Gasteiger partial charge in [0.15, 0.2) is 5.16 Å². The number of amides is 1. The smallest absolute Gasteiger partial charge is 0.233 e. The summed E-state index contributed by atoms with van der Waals surface area (Å²) in [6.45, 7) is 2.52. The molecule has 1 amide bonds. The number of halogens is 1. The Morgan fingerprint density at radius 2 is 2.03 bits per heavy atom. The quantitative estimate of drug-likeness (QED) is 0.504. The van der Waals surface area contributed by atoms with Gasteiger partial charge in [0.25, 0.3) is 0 Å². The van der Waals surface area contributed by atoms with Crippen LogP contribution < -0.4 is 4.90 Å². The van der Waals surface area contributed by atoms with Gasteiger partial charge in [-0.1, -0.05) is 35.5 Å². The Kier molecular flexibility index (Phi) is 6.42. The van der Waals surface area contributed by atoms with Crippen LogP contribution in [-0.2, 0) is 11.3 Å². The first-order valence-corrected chi connectivity index (χ1v) is 11.8. The number of aromatic nitrogens is 3. The number of hydrogen-bond acceptors (Lipinski definition) is 6. The average Bonchev–Trinajstić information content (AvgIpc) is 3.47. The van der Waals surface area contributed by atoms with Crippen molar-refractivity contribution in [1.82, 2.24) is 19.7 Å². The van der Waals surface area contributed by atoms with Crippen LogP contribution in [0.5, 0.6) is 0 Å². The van der Waals surface area contributed by atoms with Crippen molar-refractivity contribution in [1.29, 1.82) is 0 Å². The van der Waals surface area contributed by atoms with Crippen molar-refractivity contribution in [3.63, 3.8) is 0 Å². The third-order valence-electron chi connectivity index (χ3n) is 4.85. The zero-order valence-corrected chi connectivity index (χ0v) is 18.5. The minimum Gasteiger partial charge on any atom is -0.341 e. The van der Waals surface area contributed by atoms with Gasteiger partial charge in [0.05, 0.1) is 16.5 Å². The topological polar surface area (TPSA) is 54.3 Å². The van der Waals surface area contributed by atoms with Gasteiger partial charge < -0.3 is 9.80 Å². The molecule has 0 N–H and O–H groups in total. The van der Waals surface area contributed by atoms with Crippen LogP contribution >= 0.6 is 34.7 Å². The lowest BCUT2D eigenvalue weighted by Gasteiger charge is -2.19. The average molecular weight is 448 g/mol. The van der Waals surface area contributed by atoms with Gasteiger partial charge in [0, 0.05) is 26.7 Å². The third-order valence-corrected chi connectivity index (χ3v) is 6.81. The molecule has 0 unspecified atom stereocenters. The summed E-state index contributed by atoms with van der Waals surface area (Å²) in [5, 5.41) is 14.2. The van der Waals surface area contributed by atoms with Crippen LogP contribution in [0.2, 0.25) is 5.02 Å². The lowest BCUT2D eigenvalue weighted by molar-refractivity contribution is -0.127. The van der Waals surface area contributed by atoms with E-state index in [0.717, 1.165) is 43.1 Å². The number of nitrogens with zero attached hydrogens (tertiary/aromatic N) is 5. The van der Waals surface area contributed by atoms with Crippen LogP contribution in [0.25, 0.3) is 5.69 Å². The van der Waals surface area contributed by atoms with Crippen molar-refractivity contribution in [2.75, 3.05) is 30.8 Å². The molecule has 0 atom stereocenters. The second kappa shape index (κ2) is 9.19. The standard InChI is InChI=1S/C20H22ClN5OS2/c1-24(12-15-8-11-28-13-15)18(27)14-29-20-23-22-19(25-9-4-5-10-25)26(20)17-7-3-2-6-16(17)21/h2-3,6-8,11,13H,4-5,9-10,12,14H2,1H3. The first-order valence-electron chi connectivity index (χ1n) is 9.46. The van der Waals surface area contributed by atoms with E-state index in [9.17, 15) is 4.79 Å². The Balaban J connectivity index is 1.54. The summed E-state index contributed by atoms with van der Waals surface area (Å²) < 4.78 is 1.98. The molecule has 9 heteroatoms. The van der Waals surface area contributed by atoms with E-state index >= 15 is 0 Å². The summed E-state index contributed by atoms with van der Waals surface area (Å²) in [7, 11) is 1.83. The Morgan fingerprint density at radius 1 is 1.24 bits per heavy atom. The van der Waals surface area contributed by atoms with E-state index in [1.807, 2.05) is 47.3 Å². The molecule has 0 radical (unpaired) electrons. The maximum absolute atomic E-state index is 12.6. The van der Waals surface area contributed by atoms with Crippen LogP contribution in [0.15, 0.2) is 46.2 Å². The number of rotatable bonds is 7. The van der Waals surface area contributed by atoms with Crippen LogP contribution in [0, 0.1) is 0 Å². The van der Waals surface area contributed by atoms with E-state index in [0.29, 0.717) is 22.5 Å². The molecule has 1 aromatic carbocycles. The SMILES string of the molecule is CN(Cc1ccsc1)C(=O)CSc1nnc(N2CCCC2)n1-c1ccccc1Cl. The molecular formula is C20H22ClN5OS2. The summed E-state index contributed by atoms with van der Waals surface area (Å²) in [4.78, 5) is 16.6. The molecule has 0 aliphatic carbocycles. The maximum Gasteiger partial charge on any atom is 0.233 e. The van der Waals surface area contributed by atoms with Crippen molar-refractivity contribution in [3.8, 4) is 5.69 Å². The fourth-order valence-corrected chi connectivity index (χ4v) is 5.06. The Hall–Kier alpha value is -2.03. The van der Waals surface area contributed by atoms with Crippen LogP contribution in [0.4, 0.5) is 5.95 Å². The van der Waals surface area contributed by atoms with Crippen LogP contribution in [0.3, 0.4) is 0 Å². The zero-order chi connectivity index (χ0) is 20.2. The van der Waals surface area contributed by atoms with E-state index in [1.165, 1.54) is 11.8 Å². The van der Waals surface area contributed by atoms with Gasteiger partial charge in [-0.2, -0.15) is 11.3 Å². The minimum absolute atomic E-state index is 0.0534. The molecule has 0 saturated carbocycles. The predicted molar refractivity (Wildman–Crippen MR) is 119 cm³/mol. The first-order chi connectivity index (χ1) is 14.1. The normalized spacial score (nSPS) is 13.8. The highest BCUT2D eigenvalue weighted by Crippen LogP contribution is 2.32. The van der Waals surface area contributed by atoms with E-state index in [4.69, 9.17) is 11.6 Å². The highest BCUT2D eigenvalue weighted by Gasteiger charge is 2.24. The van der Waals surface area contributed by atoms with Crippen molar-refractivity contribution < 1.29 is 4.79 Å². The highest BCUT2D eigenvalue weighted by atomic mass is 35.5. The Morgan fingerprint density at radius 3 is 2.76 bits per heavy atom. The number of para-hydroxylation sites is 1. The van der Waals surface area contributed by atoms with Crippen molar-refractivity contribution in [3.05, 3.63) is 51.7 Å². The molecule has 1 saturated heterocycles. The molecule has 0 spiro atoms. The minimum atomic E-state index is 0.0534. The van der Waals surface area contributed by atoms with Gasteiger partial charge in [-0.3, -0.25) is 9.36 Å². The number of thioether (sulfide) groups is 1. The Bertz CT molecular complexity index is 969. The molecule has 4 rings (SSSR count). The van der Waals surface area contributed by atoms with E-state index in [1.54, 1.807) is 16.2 Å². The van der Waals surface area contributed by atoms with Gasteiger partial charge in [-0.05, 0) is 47.4 Å². The number of hydrogen-bond donors (Lipinski definition) is 0. The van der Waals surface area contributed by atoms with E-state index in [2.05, 4.69) is 20.5 Å². The third kappa shape index (κ3) is 4.60. The summed E-state index contributed by atoms with van der Waals surface area (Å²) in [6, 6.07) is 9.71. The Labute approximate surface area is 183 Å². The lowest BCUT2D eigenvalue weighted by atomic mass is 10.3. The largest absolute Gasteiger partial charge is 0.341 e. The van der Waals surface area contributed by atoms with Crippen LogP contribution in [-0.4, -0.2) is 51.5 Å². The first kappa shape index (κ1) is 20.3. The zero-order valence-electron chi connectivity index (χ0n) is 16.1. The number of carbonyl (C=O) groups is 1. The van der Waals surface area contributed by atoms with Gasteiger partial charge in [0.1, 0.15) is 0 Å². The van der Waals surface area contributed by atoms with Crippen molar-refractivity contribution >= 4 is 46.6 Å². The second-order valence-corrected chi connectivity index (χ2v) is 9.06. The molecule has 1 fully saturated rings. The number of thiophene rings is 1. The molecule has 1 aliphatic rings. The van der Waals surface area contributed by atoms with E-state index in [-0.39, 0.29) is 5.91 Å². The van der Waals surface area contributed by atoms with Crippen LogP contribution in [0.1, 0.15) is 18.4 Å². The summed E-state index contributed by atoms with van der Waals surface area (Å²) in [5.41, 5.74) is 1.98. The highest BCUT2D eigenvalue weighted by molar-refractivity contribution is 7.99. The summed E-state index contributed by atoms with van der Waals surface area (Å²) in [6.07, 6.45) is 2.29. The fourth-order valence-electron chi connectivity index (χ4n) is 3.30. The van der Waals surface area contributed by atoms with Gasteiger partial charge in [0.2, 0.25) is 11.9 Å². The summed E-state index contributed by atoms with van der Waals surface area (Å²) >= 11 is 9.51. The molecule has 1 aliphatic heterocycles. The monoisotopic (exact) mass is 447 g/mol. The van der Waals surface area contributed by atoms with Crippen molar-refractivity contribution in [2.45, 2.75) is 24.5 Å². The molecule has 152 valence electrons. The molecule has 6 nitrogen and oxygen atoms in total. The maximum atomic E-state index is 12.6. The van der Waals surface area contributed by atoms with Crippen molar-refractivity contribution in [2.24, 2.45) is 0 Å². The van der Waals surface area contributed by atoms with E-state index < -0.39 is 0 Å². The lowest BCUT2D eigenvalue weighted by Crippen LogP contribution is -2.27. The van der Waals surface area contributed by atoms with Gasteiger partial charge >= 0.3 is 0 Å².